The average Bonchev–Trinajstić information content (AvgIpc) is 3.24. The summed E-state index contributed by atoms with van der Waals surface area (Å²) < 4.78 is 7.36. The smallest absolute Gasteiger partial charge is 0.238 e. The molecule has 3 aromatic rings. The molecule has 1 fully saturated rings. The second kappa shape index (κ2) is 10.2. The van der Waals surface area contributed by atoms with Gasteiger partial charge in [0.1, 0.15) is 6.33 Å². The summed E-state index contributed by atoms with van der Waals surface area (Å²) in [7, 11) is 1.74. The van der Waals surface area contributed by atoms with E-state index in [1.165, 1.54) is 0 Å². The third-order valence-corrected chi connectivity index (χ3v) is 5.40. The SMILES string of the molecule is C=C/C(=C\C=NC)c1ccc2ncn(-c3ccc(NC(=O)CN4CCOCC4)cc3)c2c1. The third-order valence-electron chi connectivity index (χ3n) is 5.40. The molecule has 1 aliphatic heterocycles. The van der Waals surface area contributed by atoms with Gasteiger partial charge in [0.25, 0.3) is 0 Å². The molecule has 32 heavy (non-hydrogen) atoms. The van der Waals surface area contributed by atoms with Crippen LogP contribution < -0.4 is 5.32 Å². The predicted molar refractivity (Wildman–Crippen MR) is 130 cm³/mol. The van der Waals surface area contributed by atoms with E-state index in [0.29, 0.717) is 19.8 Å². The molecule has 0 spiro atoms. The Hall–Kier alpha value is -3.55. The van der Waals surface area contributed by atoms with Crippen LogP contribution in [-0.2, 0) is 9.53 Å². The fraction of sp³-hybridized carbons (Fsp3) is 0.240. The monoisotopic (exact) mass is 429 g/mol. The minimum absolute atomic E-state index is 0.0169. The van der Waals surface area contributed by atoms with Gasteiger partial charge in [-0.25, -0.2) is 4.98 Å². The van der Waals surface area contributed by atoms with Gasteiger partial charge in [0.15, 0.2) is 0 Å². The van der Waals surface area contributed by atoms with Gasteiger partial charge in [0.2, 0.25) is 5.91 Å². The Morgan fingerprint density at radius 3 is 2.72 bits per heavy atom. The number of hydrogen-bond donors (Lipinski definition) is 1. The van der Waals surface area contributed by atoms with Crippen LogP contribution in [0.4, 0.5) is 5.69 Å². The summed E-state index contributed by atoms with van der Waals surface area (Å²) in [5.41, 5.74) is 5.67. The molecule has 1 saturated heterocycles. The Balaban J connectivity index is 1.52. The van der Waals surface area contributed by atoms with Crippen LogP contribution in [0.25, 0.3) is 22.3 Å². The molecule has 7 heteroatoms. The van der Waals surface area contributed by atoms with Crippen molar-refractivity contribution in [1.29, 1.82) is 0 Å². The summed E-state index contributed by atoms with van der Waals surface area (Å²) in [6.45, 7) is 7.22. The highest BCUT2D eigenvalue weighted by Crippen LogP contribution is 2.24. The molecule has 2 aromatic carbocycles. The Labute approximate surface area is 187 Å². The number of rotatable bonds is 7. The van der Waals surface area contributed by atoms with Crippen LogP contribution in [0.15, 0.2) is 72.5 Å². The van der Waals surface area contributed by atoms with Crippen molar-refractivity contribution in [2.45, 2.75) is 0 Å². The van der Waals surface area contributed by atoms with Gasteiger partial charge in [-0.1, -0.05) is 18.7 Å². The van der Waals surface area contributed by atoms with Gasteiger partial charge in [-0.3, -0.25) is 19.3 Å². The van der Waals surface area contributed by atoms with Gasteiger partial charge in [-0.15, -0.1) is 0 Å². The number of carbonyl (C=O) groups excluding carboxylic acids is 1. The number of allylic oxidation sites excluding steroid dienone is 3. The molecular formula is C25H27N5O2. The maximum Gasteiger partial charge on any atom is 0.238 e. The van der Waals surface area contributed by atoms with E-state index in [9.17, 15) is 4.79 Å². The van der Waals surface area contributed by atoms with Crippen LogP contribution in [0.3, 0.4) is 0 Å². The van der Waals surface area contributed by atoms with Gasteiger partial charge >= 0.3 is 0 Å². The minimum Gasteiger partial charge on any atom is -0.379 e. The molecule has 0 radical (unpaired) electrons. The van der Waals surface area contributed by atoms with Gasteiger partial charge in [0, 0.05) is 37.7 Å². The van der Waals surface area contributed by atoms with Crippen LogP contribution in [0.1, 0.15) is 5.56 Å². The van der Waals surface area contributed by atoms with Crippen LogP contribution >= 0.6 is 0 Å². The van der Waals surface area contributed by atoms with Gasteiger partial charge in [0.05, 0.1) is 30.8 Å². The topological polar surface area (TPSA) is 71.8 Å². The van der Waals surface area contributed by atoms with E-state index in [0.717, 1.165) is 46.6 Å². The molecule has 4 rings (SSSR count). The van der Waals surface area contributed by atoms with Crippen LogP contribution in [-0.4, -0.2) is 66.5 Å². The number of carbonyl (C=O) groups is 1. The van der Waals surface area contributed by atoms with Crippen LogP contribution in [0.2, 0.25) is 0 Å². The summed E-state index contributed by atoms with van der Waals surface area (Å²) in [6, 6.07) is 13.9. The van der Waals surface area contributed by atoms with E-state index in [1.807, 2.05) is 59.4 Å². The highest BCUT2D eigenvalue weighted by atomic mass is 16.5. The molecule has 0 atom stereocenters. The first kappa shape index (κ1) is 21.7. The number of amides is 1. The summed E-state index contributed by atoms with van der Waals surface area (Å²) in [4.78, 5) is 23.0. The molecule has 2 heterocycles. The van der Waals surface area contributed by atoms with E-state index in [4.69, 9.17) is 4.74 Å². The van der Waals surface area contributed by atoms with Crippen LogP contribution in [0.5, 0.6) is 0 Å². The molecule has 1 N–H and O–H groups in total. The second-order valence-corrected chi connectivity index (χ2v) is 7.54. The van der Waals surface area contributed by atoms with Gasteiger partial charge < -0.3 is 10.1 Å². The number of nitrogens with zero attached hydrogens (tertiary/aromatic N) is 4. The number of aromatic nitrogens is 2. The fourth-order valence-electron chi connectivity index (χ4n) is 3.70. The maximum atomic E-state index is 12.3. The normalized spacial score (nSPS) is 15.3. The molecule has 164 valence electrons. The lowest BCUT2D eigenvalue weighted by Crippen LogP contribution is -2.41. The third kappa shape index (κ3) is 5.01. The highest BCUT2D eigenvalue weighted by molar-refractivity contribution is 5.93. The Morgan fingerprint density at radius 1 is 1.22 bits per heavy atom. The molecule has 7 nitrogen and oxygen atoms in total. The number of nitrogens with one attached hydrogen (secondary N) is 1. The van der Waals surface area contributed by atoms with Gasteiger partial charge in [-0.05, 0) is 53.6 Å². The first-order chi connectivity index (χ1) is 15.7. The predicted octanol–water partition coefficient (Wildman–Crippen LogP) is 3.57. The van der Waals surface area contributed by atoms with Crippen molar-refractivity contribution in [1.82, 2.24) is 14.5 Å². The Kier molecular flexibility index (Phi) is 6.89. The quantitative estimate of drug-likeness (QED) is 0.460. The number of morpholine rings is 1. The largest absolute Gasteiger partial charge is 0.379 e. The molecule has 1 amide bonds. The van der Waals surface area contributed by atoms with Crippen molar-refractivity contribution in [3.05, 3.63) is 73.1 Å². The van der Waals surface area contributed by atoms with Crippen molar-refractivity contribution in [3.8, 4) is 5.69 Å². The standard InChI is InChI=1S/C25H27N5O2/c1-3-19(10-11-26-2)20-4-9-23-24(16-20)30(18-27-23)22-7-5-21(6-8-22)28-25(31)17-29-12-14-32-15-13-29/h3-11,16,18H,1,12-15,17H2,2H3,(H,28,31)/b19-10+,26-11?. The Morgan fingerprint density at radius 2 is 2.00 bits per heavy atom. The zero-order chi connectivity index (χ0) is 22.3. The number of ether oxygens (including phenoxy) is 1. The average molecular weight is 430 g/mol. The van der Waals surface area contributed by atoms with Crippen LogP contribution in [0, 0.1) is 0 Å². The minimum atomic E-state index is -0.0169. The molecule has 1 aliphatic rings. The maximum absolute atomic E-state index is 12.3. The lowest BCUT2D eigenvalue weighted by molar-refractivity contribution is -0.118. The molecule has 1 aromatic heterocycles. The van der Waals surface area contributed by atoms with Gasteiger partial charge in [-0.2, -0.15) is 0 Å². The summed E-state index contributed by atoms with van der Waals surface area (Å²) in [5.74, 6) is -0.0169. The van der Waals surface area contributed by atoms with E-state index in [-0.39, 0.29) is 5.91 Å². The van der Waals surface area contributed by atoms with Crippen molar-refractivity contribution in [2.75, 3.05) is 45.2 Å². The molecule has 0 bridgehead atoms. The number of anilines is 1. The highest BCUT2D eigenvalue weighted by Gasteiger charge is 2.14. The molecule has 0 saturated carbocycles. The first-order valence-electron chi connectivity index (χ1n) is 10.6. The summed E-state index contributed by atoms with van der Waals surface area (Å²) in [6.07, 6.45) is 7.32. The van der Waals surface area contributed by atoms with Crippen molar-refractivity contribution < 1.29 is 9.53 Å². The molecular weight excluding hydrogens is 402 g/mol. The summed E-state index contributed by atoms with van der Waals surface area (Å²) in [5, 5.41) is 2.97. The van der Waals surface area contributed by atoms with E-state index in [1.54, 1.807) is 13.3 Å². The lowest BCUT2D eigenvalue weighted by atomic mass is 10.0. The molecule has 0 aliphatic carbocycles. The number of benzene rings is 2. The number of imidazole rings is 1. The van der Waals surface area contributed by atoms with Crippen molar-refractivity contribution in [2.24, 2.45) is 4.99 Å². The number of fused-ring (bicyclic) bond motifs is 1. The first-order valence-corrected chi connectivity index (χ1v) is 10.6. The second-order valence-electron chi connectivity index (χ2n) is 7.54. The van der Waals surface area contributed by atoms with E-state index >= 15 is 0 Å². The van der Waals surface area contributed by atoms with E-state index in [2.05, 4.69) is 32.8 Å². The number of aliphatic imine (C=N–C) groups is 1. The zero-order valence-corrected chi connectivity index (χ0v) is 18.2. The molecule has 0 unspecified atom stereocenters. The fourth-order valence-corrected chi connectivity index (χ4v) is 3.70. The lowest BCUT2D eigenvalue weighted by Gasteiger charge is -2.25. The number of hydrogen-bond acceptors (Lipinski definition) is 5. The van der Waals surface area contributed by atoms with E-state index < -0.39 is 0 Å². The van der Waals surface area contributed by atoms with Crippen molar-refractivity contribution >= 4 is 34.4 Å². The van der Waals surface area contributed by atoms with Crippen molar-refractivity contribution in [3.63, 3.8) is 0 Å². The Bertz CT molecular complexity index is 1150. The zero-order valence-electron chi connectivity index (χ0n) is 18.2. The summed E-state index contributed by atoms with van der Waals surface area (Å²) >= 11 is 0.